The molecular formula is C29H37N5O4. The maximum Gasteiger partial charge on any atom is 0.325 e. The lowest BCUT2D eigenvalue weighted by Crippen LogP contribution is -2.35. The molecule has 3 atom stereocenters. The number of ether oxygens (including phenoxy) is 2. The number of carbonyl (C=O) groups is 1. The van der Waals surface area contributed by atoms with Crippen molar-refractivity contribution in [2.75, 3.05) is 38.2 Å². The van der Waals surface area contributed by atoms with Crippen LogP contribution in [0.2, 0.25) is 0 Å². The Hall–Kier alpha value is -3.06. The fourth-order valence-corrected chi connectivity index (χ4v) is 5.77. The van der Waals surface area contributed by atoms with Crippen LogP contribution in [-0.2, 0) is 27.1 Å². The lowest BCUT2D eigenvalue weighted by Gasteiger charge is -2.29. The van der Waals surface area contributed by atoms with Crippen molar-refractivity contribution in [2.45, 2.75) is 76.0 Å². The van der Waals surface area contributed by atoms with Crippen LogP contribution in [0.4, 0.5) is 5.82 Å². The fourth-order valence-electron chi connectivity index (χ4n) is 5.77. The van der Waals surface area contributed by atoms with Crippen molar-refractivity contribution in [1.82, 2.24) is 14.9 Å². The van der Waals surface area contributed by atoms with Gasteiger partial charge in [0.15, 0.2) is 0 Å². The molecule has 0 spiro atoms. The molecule has 38 heavy (non-hydrogen) atoms. The van der Waals surface area contributed by atoms with E-state index in [0.717, 1.165) is 75.8 Å². The molecule has 0 amide bonds. The number of carboxylic acids is 1. The van der Waals surface area contributed by atoms with Crippen molar-refractivity contribution < 1.29 is 19.4 Å². The molecule has 2 saturated heterocycles. The molecule has 9 heteroatoms. The third-order valence-electron chi connectivity index (χ3n) is 7.76. The average molecular weight is 520 g/mol. The van der Waals surface area contributed by atoms with Crippen molar-refractivity contribution >= 4 is 11.8 Å². The van der Waals surface area contributed by atoms with Crippen molar-refractivity contribution in [3.05, 3.63) is 52.5 Å². The Balaban J connectivity index is 1.15. The molecule has 3 aliphatic heterocycles. The third kappa shape index (κ3) is 6.32. The van der Waals surface area contributed by atoms with Crippen LogP contribution in [0, 0.1) is 11.3 Å². The van der Waals surface area contributed by atoms with Gasteiger partial charge in [-0.3, -0.25) is 9.69 Å². The topological polar surface area (TPSA) is 121 Å². The lowest BCUT2D eigenvalue weighted by atomic mass is 9.96. The number of aliphatic carboxylic acids is 1. The number of fused-ring (bicyclic) bond motifs is 1. The molecule has 0 radical (unpaired) electrons. The number of nitrogens with one attached hydrogen (secondary N) is 1. The van der Waals surface area contributed by atoms with Gasteiger partial charge < -0.3 is 19.9 Å². The van der Waals surface area contributed by atoms with Gasteiger partial charge in [0, 0.05) is 44.1 Å². The molecule has 5 rings (SSSR count). The largest absolute Gasteiger partial charge is 0.480 e. The Kier molecular flexibility index (Phi) is 8.84. The zero-order chi connectivity index (χ0) is 26.3. The Morgan fingerprint density at radius 2 is 2.13 bits per heavy atom. The van der Waals surface area contributed by atoms with E-state index >= 15 is 0 Å². The number of anilines is 1. The minimum Gasteiger partial charge on any atom is -0.480 e. The highest BCUT2D eigenvalue weighted by molar-refractivity contribution is 5.76. The van der Waals surface area contributed by atoms with Gasteiger partial charge in [-0.25, -0.2) is 9.97 Å². The summed E-state index contributed by atoms with van der Waals surface area (Å²) in [7, 11) is 0. The fraction of sp³-hybridized carbons (Fsp3) is 0.586. The molecule has 0 bridgehead atoms. The molecule has 1 unspecified atom stereocenters. The smallest absolute Gasteiger partial charge is 0.325 e. The van der Waals surface area contributed by atoms with E-state index < -0.39 is 12.0 Å². The van der Waals surface area contributed by atoms with Crippen LogP contribution in [-0.4, -0.2) is 64.9 Å². The number of hydrogen-bond acceptors (Lipinski definition) is 8. The van der Waals surface area contributed by atoms with Gasteiger partial charge in [-0.15, -0.1) is 0 Å². The van der Waals surface area contributed by atoms with Crippen LogP contribution in [0.5, 0.6) is 0 Å². The van der Waals surface area contributed by atoms with E-state index in [4.69, 9.17) is 14.5 Å². The summed E-state index contributed by atoms with van der Waals surface area (Å²) in [5.74, 6) is 0.126. The predicted octanol–water partition coefficient (Wildman–Crippen LogP) is 4.19. The first-order valence-electron chi connectivity index (χ1n) is 14.0. The van der Waals surface area contributed by atoms with Crippen LogP contribution in [0.1, 0.15) is 85.3 Å². The van der Waals surface area contributed by atoms with Crippen molar-refractivity contribution in [2.24, 2.45) is 0 Å². The Labute approximate surface area is 224 Å². The standard InChI is InChI=1S/C29H37N5O4/c30-18-22-11-12-24(26(32-22)25-8-2-4-17-38-25)27(29(35)36)34-15-13-23(19-34)37-16-3-1-7-21-10-9-20-6-5-14-31-28(20)33-21/h9-12,23,25,27H,1-8,13-17,19H2,(H,31,33)(H,35,36)/t23-,25?,27-/m1/s1. The second kappa shape index (κ2) is 12.7. The highest BCUT2D eigenvalue weighted by Crippen LogP contribution is 2.35. The van der Waals surface area contributed by atoms with Gasteiger partial charge in [0.25, 0.3) is 0 Å². The summed E-state index contributed by atoms with van der Waals surface area (Å²) in [5.41, 5.74) is 3.92. The van der Waals surface area contributed by atoms with Gasteiger partial charge >= 0.3 is 5.97 Å². The van der Waals surface area contributed by atoms with Crippen LogP contribution < -0.4 is 5.32 Å². The van der Waals surface area contributed by atoms with Crippen LogP contribution in [0.25, 0.3) is 0 Å². The summed E-state index contributed by atoms with van der Waals surface area (Å²) in [6.07, 6.45) is 8.42. The summed E-state index contributed by atoms with van der Waals surface area (Å²) in [4.78, 5) is 23.7. The minimum absolute atomic E-state index is 0.00337. The lowest BCUT2D eigenvalue weighted by molar-refractivity contribution is -0.143. The Bertz CT molecular complexity index is 1160. The van der Waals surface area contributed by atoms with E-state index in [1.807, 2.05) is 4.90 Å². The maximum atomic E-state index is 12.5. The Morgan fingerprint density at radius 3 is 2.95 bits per heavy atom. The molecule has 2 N–H and O–H groups in total. The first-order valence-corrected chi connectivity index (χ1v) is 14.0. The van der Waals surface area contributed by atoms with E-state index in [0.29, 0.717) is 37.6 Å². The van der Waals surface area contributed by atoms with Gasteiger partial charge in [-0.05, 0) is 75.5 Å². The molecule has 9 nitrogen and oxygen atoms in total. The van der Waals surface area contributed by atoms with Crippen LogP contribution in [0.15, 0.2) is 24.3 Å². The van der Waals surface area contributed by atoms with Crippen molar-refractivity contribution in [3.63, 3.8) is 0 Å². The molecule has 0 aliphatic carbocycles. The molecule has 202 valence electrons. The summed E-state index contributed by atoms with van der Waals surface area (Å²) in [6, 6.07) is 8.93. The van der Waals surface area contributed by atoms with E-state index in [1.54, 1.807) is 12.1 Å². The van der Waals surface area contributed by atoms with Gasteiger partial charge in [0.1, 0.15) is 23.6 Å². The number of likely N-dealkylation sites (tertiary alicyclic amines) is 1. The monoisotopic (exact) mass is 519 g/mol. The van der Waals surface area contributed by atoms with Gasteiger partial charge in [-0.1, -0.05) is 12.1 Å². The second-order valence-corrected chi connectivity index (χ2v) is 10.5. The zero-order valence-electron chi connectivity index (χ0n) is 21.9. The molecule has 2 fully saturated rings. The van der Waals surface area contributed by atoms with Crippen molar-refractivity contribution in [3.8, 4) is 6.07 Å². The quantitative estimate of drug-likeness (QED) is 0.445. The Morgan fingerprint density at radius 1 is 1.21 bits per heavy atom. The first-order chi connectivity index (χ1) is 18.6. The van der Waals surface area contributed by atoms with E-state index in [-0.39, 0.29) is 17.9 Å². The number of unbranched alkanes of at least 4 members (excludes halogenated alkanes) is 1. The van der Waals surface area contributed by atoms with Crippen LogP contribution >= 0.6 is 0 Å². The maximum absolute atomic E-state index is 12.5. The number of nitrogens with zero attached hydrogens (tertiary/aromatic N) is 4. The predicted molar refractivity (Wildman–Crippen MR) is 142 cm³/mol. The number of nitriles is 1. The molecule has 0 saturated carbocycles. The minimum atomic E-state index is -0.916. The molecule has 2 aromatic heterocycles. The number of aromatic nitrogens is 2. The second-order valence-electron chi connectivity index (χ2n) is 10.5. The highest BCUT2D eigenvalue weighted by Gasteiger charge is 2.37. The zero-order valence-corrected chi connectivity index (χ0v) is 21.9. The molecule has 3 aliphatic rings. The van der Waals surface area contributed by atoms with E-state index in [2.05, 4.69) is 28.5 Å². The number of aryl methyl sites for hydroxylation is 2. The number of rotatable bonds is 10. The van der Waals surface area contributed by atoms with E-state index in [1.165, 1.54) is 5.56 Å². The van der Waals surface area contributed by atoms with Crippen LogP contribution in [0.3, 0.4) is 0 Å². The summed E-state index contributed by atoms with van der Waals surface area (Å²) >= 11 is 0. The van der Waals surface area contributed by atoms with E-state index in [9.17, 15) is 15.2 Å². The molecule has 5 heterocycles. The van der Waals surface area contributed by atoms with Gasteiger partial charge in [-0.2, -0.15) is 5.26 Å². The highest BCUT2D eigenvalue weighted by atomic mass is 16.5. The molecule has 2 aromatic rings. The number of hydrogen-bond donors (Lipinski definition) is 2. The average Bonchev–Trinajstić information content (AvgIpc) is 3.41. The number of carboxylic acid groups (broad SMARTS) is 1. The summed E-state index contributed by atoms with van der Waals surface area (Å²) in [6.45, 7) is 3.47. The van der Waals surface area contributed by atoms with Crippen molar-refractivity contribution in [1.29, 1.82) is 5.26 Å². The third-order valence-corrected chi connectivity index (χ3v) is 7.76. The summed E-state index contributed by atoms with van der Waals surface area (Å²) < 4.78 is 12.1. The molecular weight excluding hydrogens is 482 g/mol. The normalized spacial score (nSPS) is 22.3. The SMILES string of the molecule is N#Cc1ccc([C@H](C(=O)O)N2CC[C@@H](OCCCCc3ccc4c(n3)NCCC4)C2)c(C2CCCCO2)n1. The van der Waals surface area contributed by atoms with Gasteiger partial charge in [0.2, 0.25) is 0 Å². The first kappa shape index (κ1) is 26.5. The van der Waals surface area contributed by atoms with Gasteiger partial charge in [0.05, 0.1) is 17.9 Å². The summed E-state index contributed by atoms with van der Waals surface area (Å²) in [5, 5.41) is 23.0. The molecule has 0 aromatic carbocycles. The number of pyridine rings is 2.